The molecule has 0 radical (unpaired) electrons. The van der Waals surface area contributed by atoms with E-state index in [1.54, 1.807) is 0 Å². The van der Waals surface area contributed by atoms with Crippen LogP contribution in [0.4, 0.5) is 0 Å². The summed E-state index contributed by atoms with van der Waals surface area (Å²) in [5.41, 5.74) is 0. The Morgan fingerprint density at radius 3 is 1.78 bits per heavy atom. The first-order chi connectivity index (χ1) is 13.0. The second-order valence-electron chi connectivity index (χ2n) is 7.25. The Labute approximate surface area is 163 Å². The molecule has 0 saturated carbocycles. The minimum Gasteiger partial charge on any atom is -0.394 e. The number of nitrogens with one attached hydrogen (secondary N) is 1. The summed E-state index contributed by atoms with van der Waals surface area (Å²) in [7, 11) is 0. The SMILES string of the molecule is CCCCCCCCCCCCCC(=O)N[C@@H](C=O)[C@@H](O)[C@H](O)[C@H](O)CO. The number of rotatable bonds is 18. The van der Waals surface area contributed by atoms with Gasteiger partial charge in [-0.3, -0.25) is 4.79 Å². The maximum absolute atomic E-state index is 11.9. The molecule has 0 aliphatic heterocycles. The minimum absolute atomic E-state index is 0.243. The van der Waals surface area contributed by atoms with Crippen molar-refractivity contribution in [1.29, 1.82) is 0 Å². The number of hydrogen-bond donors (Lipinski definition) is 5. The Hall–Kier alpha value is -1.02. The molecule has 1 amide bonds. The summed E-state index contributed by atoms with van der Waals surface area (Å²) in [6, 6.07) is -1.32. The van der Waals surface area contributed by atoms with Crippen molar-refractivity contribution < 1.29 is 30.0 Å². The molecule has 5 N–H and O–H groups in total. The van der Waals surface area contributed by atoms with Gasteiger partial charge in [0.05, 0.1) is 6.61 Å². The smallest absolute Gasteiger partial charge is 0.220 e. The van der Waals surface area contributed by atoms with E-state index in [0.29, 0.717) is 12.7 Å². The molecule has 0 aliphatic carbocycles. The largest absolute Gasteiger partial charge is 0.394 e. The van der Waals surface area contributed by atoms with Crippen LogP contribution in [0.5, 0.6) is 0 Å². The lowest BCUT2D eigenvalue weighted by Gasteiger charge is -2.26. The molecule has 0 aliphatic rings. The van der Waals surface area contributed by atoms with Crippen LogP contribution in [0.2, 0.25) is 0 Å². The van der Waals surface area contributed by atoms with Gasteiger partial charge in [-0.2, -0.15) is 0 Å². The van der Waals surface area contributed by atoms with Crippen LogP contribution in [0.3, 0.4) is 0 Å². The first-order valence-electron chi connectivity index (χ1n) is 10.4. The maximum atomic E-state index is 11.9. The van der Waals surface area contributed by atoms with Gasteiger partial charge in [-0.15, -0.1) is 0 Å². The summed E-state index contributed by atoms with van der Waals surface area (Å²) in [5.74, 6) is -0.382. The number of amides is 1. The van der Waals surface area contributed by atoms with Crippen molar-refractivity contribution in [3.63, 3.8) is 0 Å². The van der Waals surface area contributed by atoms with Crippen molar-refractivity contribution in [3.8, 4) is 0 Å². The fourth-order valence-electron chi connectivity index (χ4n) is 2.96. The average Bonchev–Trinajstić information content (AvgIpc) is 2.68. The lowest BCUT2D eigenvalue weighted by atomic mass is 10.0. The van der Waals surface area contributed by atoms with E-state index in [-0.39, 0.29) is 12.3 Å². The molecule has 0 saturated heterocycles. The van der Waals surface area contributed by atoms with Gasteiger partial charge in [0.2, 0.25) is 5.91 Å². The van der Waals surface area contributed by atoms with Crippen LogP contribution in [-0.2, 0) is 9.59 Å². The fraction of sp³-hybridized carbons (Fsp3) is 0.900. The molecule has 7 nitrogen and oxygen atoms in total. The van der Waals surface area contributed by atoms with Crippen LogP contribution in [0, 0.1) is 0 Å². The summed E-state index contributed by atoms with van der Waals surface area (Å²) in [6.07, 6.45) is 8.50. The van der Waals surface area contributed by atoms with E-state index in [0.717, 1.165) is 19.3 Å². The molecule has 27 heavy (non-hydrogen) atoms. The standard InChI is InChI=1S/C20H39NO6/c1-2-3-4-5-6-7-8-9-10-11-12-13-18(25)21-16(14-22)19(26)20(27)17(24)15-23/h14,16-17,19-20,23-24,26-27H,2-13,15H2,1H3,(H,21,25)/t16-,17+,19+,20+/m0/s1. The van der Waals surface area contributed by atoms with Gasteiger partial charge in [-0.05, 0) is 6.42 Å². The molecule has 7 heteroatoms. The molecule has 0 aromatic rings. The molecular formula is C20H39NO6. The maximum Gasteiger partial charge on any atom is 0.220 e. The number of aldehydes is 1. The third-order valence-electron chi connectivity index (χ3n) is 4.78. The van der Waals surface area contributed by atoms with E-state index in [1.165, 1.54) is 44.9 Å². The summed E-state index contributed by atoms with van der Waals surface area (Å²) < 4.78 is 0. The zero-order valence-corrected chi connectivity index (χ0v) is 16.7. The van der Waals surface area contributed by atoms with Gasteiger partial charge in [0.25, 0.3) is 0 Å². The molecule has 4 atom stereocenters. The highest BCUT2D eigenvalue weighted by molar-refractivity contribution is 5.79. The summed E-state index contributed by atoms with van der Waals surface area (Å²) in [4.78, 5) is 22.9. The van der Waals surface area contributed by atoms with Gasteiger partial charge < -0.3 is 30.5 Å². The van der Waals surface area contributed by atoms with Crippen LogP contribution in [-0.4, -0.2) is 63.6 Å². The molecular weight excluding hydrogens is 350 g/mol. The van der Waals surface area contributed by atoms with E-state index < -0.39 is 31.0 Å². The van der Waals surface area contributed by atoms with Crippen LogP contribution in [0.25, 0.3) is 0 Å². The van der Waals surface area contributed by atoms with Gasteiger partial charge >= 0.3 is 0 Å². The molecule has 0 spiro atoms. The van der Waals surface area contributed by atoms with Gasteiger partial charge in [-0.1, -0.05) is 71.1 Å². The normalized spacial score (nSPS) is 15.7. The molecule has 0 aromatic heterocycles. The Balaban J connectivity index is 3.78. The first kappa shape index (κ1) is 26.0. The van der Waals surface area contributed by atoms with Crippen LogP contribution >= 0.6 is 0 Å². The Kier molecular flexibility index (Phi) is 16.5. The average molecular weight is 390 g/mol. The zero-order valence-electron chi connectivity index (χ0n) is 16.7. The molecule has 0 rings (SSSR count). The minimum atomic E-state index is -1.72. The van der Waals surface area contributed by atoms with Crippen LogP contribution in [0.1, 0.15) is 84.0 Å². The quantitative estimate of drug-likeness (QED) is 0.178. The van der Waals surface area contributed by atoms with Crippen molar-refractivity contribution >= 4 is 12.2 Å². The number of aliphatic hydroxyl groups is 4. The highest BCUT2D eigenvalue weighted by Crippen LogP contribution is 2.12. The van der Waals surface area contributed by atoms with Crippen LogP contribution < -0.4 is 5.32 Å². The molecule has 0 heterocycles. The lowest BCUT2D eigenvalue weighted by molar-refractivity contribution is -0.131. The second-order valence-corrected chi connectivity index (χ2v) is 7.25. The highest BCUT2D eigenvalue weighted by Gasteiger charge is 2.31. The summed E-state index contributed by atoms with van der Waals surface area (Å²) in [5, 5.41) is 39.8. The third kappa shape index (κ3) is 12.9. The number of carbonyl (C=O) groups excluding carboxylic acids is 2. The van der Waals surface area contributed by atoms with E-state index in [1.807, 2.05) is 0 Å². The lowest BCUT2D eigenvalue weighted by Crippen LogP contribution is -2.53. The topological polar surface area (TPSA) is 127 Å². The van der Waals surface area contributed by atoms with E-state index in [9.17, 15) is 24.9 Å². The van der Waals surface area contributed by atoms with Crippen molar-refractivity contribution in [2.45, 2.75) is 108 Å². The van der Waals surface area contributed by atoms with E-state index in [2.05, 4.69) is 12.2 Å². The number of hydrogen-bond acceptors (Lipinski definition) is 6. The highest BCUT2D eigenvalue weighted by atomic mass is 16.4. The van der Waals surface area contributed by atoms with Crippen LogP contribution in [0.15, 0.2) is 0 Å². The van der Waals surface area contributed by atoms with Crippen molar-refractivity contribution in [3.05, 3.63) is 0 Å². The molecule has 0 aromatic carbocycles. The van der Waals surface area contributed by atoms with E-state index >= 15 is 0 Å². The zero-order chi connectivity index (χ0) is 20.5. The number of carbonyl (C=O) groups is 2. The summed E-state index contributed by atoms with van der Waals surface area (Å²) in [6.45, 7) is 1.46. The van der Waals surface area contributed by atoms with Gasteiger partial charge in [0.15, 0.2) is 0 Å². The molecule has 0 bridgehead atoms. The number of aliphatic hydroxyl groups excluding tert-OH is 4. The first-order valence-corrected chi connectivity index (χ1v) is 10.4. The molecule has 0 fully saturated rings. The van der Waals surface area contributed by atoms with Gasteiger partial charge in [-0.25, -0.2) is 0 Å². The predicted octanol–water partition coefficient (Wildman–Crippen LogP) is 1.45. The Morgan fingerprint density at radius 1 is 0.852 bits per heavy atom. The van der Waals surface area contributed by atoms with Crippen molar-refractivity contribution in [1.82, 2.24) is 5.32 Å². The molecule has 0 unspecified atom stereocenters. The third-order valence-corrected chi connectivity index (χ3v) is 4.78. The Morgan fingerprint density at radius 2 is 1.33 bits per heavy atom. The number of unbranched alkanes of at least 4 members (excludes halogenated alkanes) is 10. The second kappa shape index (κ2) is 17.1. The van der Waals surface area contributed by atoms with Crippen molar-refractivity contribution in [2.24, 2.45) is 0 Å². The predicted molar refractivity (Wildman–Crippen MR) is 104 cm³/mol. The summed E-state index contributed by atoms with van der Waals surface area (Å²) >= 11 is 0. The molecule has 160 valence electrons. The Bertz CT molecular complexity index is 379. The monoisotopic (exact) mass is 389 g/mol. The van der Waals surface area contributed by atoms with Gasteiger partial charge in [0.1, 0.15) is 30.6 Å². The van der Waals surface area contributed by atoms with Gasteiger partial charge in [0, 0.05) is 6.42 Å². The van der Waals surface area contributed by atoms with Crippen molar-refractivity contribution in [2.75, 3.05) is 6.61 Å². The van der Waals surface area contributed by atoms with E-state index in [4.69, 9.17) is 5.11 Å². The fourth-order valence-corrected chi connectivity index (χ4v) is 2.96.